The molecule has 5 rings (SSSR count). The van der Waals surface area contributed by atoms with E-state index < -0.39 is 0 Å². The molecule has 0 fully saturated rings. The van der Waals surface area contributed by atoms with Crippen molar-refractivity contribution in [3.8, 4) is 22.3 Å². The molecular weight excluding hydrogens is 406 g/mol. The normalized spacial score (nSPS) is 12.0. The first-order valence-electron chi connectivity index (χ1n) is 11.2. The maximum Gasteiger partial charge on any atom is 0.143 e. The van der Waals surface area contributed by atoms with Gasteiger partial charge in [-0.05, 0) is 33.7 Å². The van der Waals surface area contributed by atoms with Gasteiger partial charge in [-0.15, -0.1) is 16.4 Å². The molecule has 0 aliphatic rings. The van der Waals surface area contributed by atoms with Gasteiger partial charge in [0.25, 0.3) is 0 Å². The van der Waals surface area contributed by atoms with Crippen molar-refractivity contribution in [2.75, 3.05) is 0 Å². The predicted molar refractivity (Wildman–Crippen MR) is 150 cm³/mol. The highest BCUT2D eigenvalue weighted by Crippen LogP contribution is 2.43. The maximum atomic E-state index is 6.47. The molecule has 10 radical (unpaired) electrons. The van der Waals surface area contributed by atoms with Crippen LogP contribution in [-0.2, 0) is 5.41 Å². The third-order valence-electron chi connectivity index (χ3n) is 6.48. The van der Waals surface area contributed by atoms with Gasteiger partial charge in [0, 0.05) is 16.3 Å². The number of rotatable bonds is 2. The van der Waals surface area contributed by atoms with E-state index in [2.05, 4.69) is 51.1 Å². The minimum atomic E-state index is -0.274. The Hall–Kier alpha value is -3.00. The molecule has 0 amide bonds. The van der Waals surface area contributed by atoms with E-state index in [9.17, 15) is 0 Å². The topological polar surface area (TPSA) is 13.1 Å². The Kier molecular flexibility index (Phi) is 5.39. The summed E-state index contributed by atoms with van der Waals surface area (Å²) in [4.78, 5) is 0. The zero-order valence-electron chi connectivity index (χ0n) is 19.6. The summed E-state index contributed by atoms with van der Waals surface area (Å²) in [6.45, 7) is 6.47. The lowest BCUT2D eigenvalue weighted by atomic mass is 9.59. The van der Waals surface area contributed by atoms with Crippen molar-refractivity contribution in [2.45, 2.75) is 26.2 Å². The number of hydrogen-bond acceptors (Lipinski definition) is 1. The molecule has 0 aliphatic carbocycles. The predicted octanol–water partition coefficient (Wildman–Crippen LogP) is 2.19. The highest BCUT2D eigenvalue weighted by atomic mass is 16.3. The Labute approximate surface area is 207 Å². The van der Waals surface area contributed by atoms with Crippen molar-refractivity contribution in [3.05, 3.63) is 66.2 Å². The van der Waals surface area contributed by atoms with Gasteiger partial charge in [-0.25, -0.2) is 0 Å². The Morgan fingerprint density at radius 3 is 1.76 bits per heavy atom. The van der Waals surface area contributed by atoms with Crippen molar-refractivity contribution >= 4 is 88.5 Å². The summed E-state index contributed by atoms with van der Waals surface area (Å²) in [5.41, 5.74) is 7.32. The summed E-state index contributed by atoms with van der Waals surface area (Å²) in [6, 6.07) is 20.4. The highest BCUT2D eigenvalue weighted by molar-refractivity contribution is 6.68. The molecule has 0 bridgehead atoms. The lowest BCUT2D eigenvalue weighted by Gasteiger charge is -2.30. The molecule has 6 heteroatoms. The Bertz CT molecular complexity index is 1560. The molecule has 0 atom stereocenters. The van der Waals surface area contributed by atoms with Crippen LogP contribution in [0.25, 0.3) is 44.2 Å². The SMILES string of the molecule is [B]c1c([B])c([B])c(-c2cccc(-c3cccc4c3oc3ccccc34)c2C(C)(C)C)c([B])c1[B]. The minimum Gasteiger partial charge on any atom is -0.455 e. The molecule has 0 spiro atoms. The number of para-hydroxylation sites is 2. The monoisotopic (exact) mass is 426 g/mol. The van der Waals surface area contributed by atoms with E-state index in [-0.39, 0.29) is 21.8 Å². The van der Waals surface area contributed by atoms with Gasteiger partial charge in [0.1, 0.15) is 50.4 Å². The average Bonchev–Trinajstić information content (AvgIpc) is 3.20. The van der Waals surface area contributed by atoms with Gasteiger partial charge in [0.05, 0.1) is 0 Å². The average molecular weight is 426 g/mol. The molecule has 0 saturated carbocycles. The summed E-state index contributed by atoms with van der Waals surface area (Å²) >= 11 is 0. The van der Waals surface area contributed by atoms with Crippen molar-refractivity contribution in [1.82, 2.24) is 0 Å². The lowest BCUT2D eigenvalue weighted by Crippen LogP contribution is -2.55. The Balaban J connectivity index is 1.90. The maximum absolute atomic E-state index is 6.47. The third-order valence-corrected chi connectivity index (χ3v) is 6.48. The van der Waals surface area contributed by atoms with Crippen LogP contribution in [0.1, 0.15) is 26.3 Å². The van der Waals surface area contributed by atoms with Crippen molar-refractivity contribution in [3.63, 3.8) is 0 Å². The van der Waals surface area contributed by atoms with Gasteiger partial charge in [-0.3, -0.25) is 0 Å². The lowest BCUT2D eigenvalue weighted by molar-refractivity contribution is 0.593. The molecule has 34 heavy (non-hydrogen) atoms. The second kappa shape index (κ2) is 8.05. The molecule has 0 saturated heterocycles. The number of hydrogen-bond donors (Lipinski definition) is 0. The van der Waals surface area contributed by atoms with Crippen LogP contribution in [0.3, 0.4) is 0 Å². The largest absolute Gasteiger partial charge is 0.455 e. The molecule has 0 aliphatic heterocycles. The van der Waals surface area contributed by atoms with Crippen molar-refractivity contribution in [1.29, 1.82) is 0 Å². The second-order valence-corrected chi connectivity index (χ2v) is 9.70. The molecular formula is C28H19B5O. The first kappa shape index (κ1) is 22.8. The van der Waals surface area contributed by atoms with Gasteiger partial charge in [-0.1, -0.05) is 86.3 Å². The molecule has 0 N–H and O–H groups in total. The number of benzene rings is 4. The molecule has 5 aromatic rings. The van der Waals surface area contributed by atoms with Crippen LogP contribution < -0.4 is 27.3 Å². The van der Waals surface area contributed by atoms with E-state index in [4.69, 9.17) is 43.6 Å². The molecule has 0 unspecified atom stereocenters. The second-order valence-electron chi connectivity index (χ2n) is 9.70. The summed E-state index contributed by atoms with van der Waals surface area (Å²) < 4.78 is 6.35. The molecule has 152 valence electrons. The molecule has 4 aromatic carbocycles. The fourth-order valence-electron chi connectivity index (χ4n) is 4.89. The summed E-state index contributed by atoms with van der Waals surface area (Å²) in [7, 11) is 31.4. The zero-order chi connectivity index (χ0) is 24.4. The van der Waals surface area contributed by atoms with E-state index >= 15 is 0 Å². The van der Waals surface area contributed by atoms with E-state index in [0.29, 0.717) is 16.5 Å². The standard InChI is InChI=1S/C28H19B5O/c1-28(2,3)21-15(17-11-7-10-16-14-8-4-5-13-19(14)34-27(16)17)9-6-12-18(21)20-22(29)24(31)26(33)25(32)23(20)30/h4-13H,1-3H3. The third kappa shape index (κ3) is 3.38. The van der Waals surface area contributed by atoms with Crippen LogP contribution in [0.15, 0.2) is 65.1 Å². The van der Waals surface area contributed by atoms with E-state index in [1.165, 1.54) is 0 Å². The van der Waals surface area contributed by atoms with E-state index in [1.54, 1.807) is 0 Å². The molecule has 1 heterocycles. The van der Waals surface area contributed by atoms with Crippen LogP contribution >= 0.6 is 0 Å². The molecule has 1 aromatic heterocycles. The Morgan fingerprint density at radius 1 is 0.559 bits per heavy atom. The van der Waals surface area contributed by atoms with E-state index in [1.807, 2.05) is 30.3 Å². The highest BCUT2D eigenvalue weighted by Gasteiger charge is 2.26. The van der Waals surface area contributed by atoms with Gasteiger partial charge >= 0.3 is 0 Å². The van der Waals surface area contributed by atoms with Gasteiger partial charge in [0.15, 0.2) is 0 Å². The summed E-state index contributed by atoms with van der Waals surface area (Å²) in [5, 5.41) is 2.15. The van der Waals surface area contributed by atoms with Gasteiger partial charge in [0.2, 0.25) is 0 Å². The van der Waals surface area contributed by atoms with Crippen molar-refractivity contribution < 1.29 is 4.42 Å². The number of furan rings is 1. The quantitative estimate of drug-likeness (QED) is 0.395. The van der Waals surface area contributed by atoms with Crippen LogP contribution in [0.2, 0.25) is 0 Å². The van der Waals surface area contributed by atoms with Crippen LogP contribution in [0, 0.1) is 0 Å². The van der Waals surface area contributed by atoms with Crippen LogP contribution in [0.5, 0.6) is 0 Å². The van der Waals surface area contributed by atoms with E-state index in [0.717, 1.165) is 44.2 Å². The first-order chi connectivity index (χ1) is 16.1. The van der Waals surface area contributed by atoms with Crippen molar-refractivity contribution in [2.24, 2.45) is 0 Å². The van der Waals surface area contributed by atoms with Crippen LogP contribution in [-0.4, -0.2) is 39.2 Å². The smallest absolute Gasteiger partial charge is 0.143 e. The first-order valence-corrected chi connectivity index (χ1v) is 11.2. The fourth-order valence-corrected chi connectivity index (χ4v) is 4.89. The van der Waals surface area contributed by atoms with Crippen LogP contribution in [0.4, 0.5) is 0 Å². The minimum absolute atomic E-state index is 0.208. The summed E-state index contributed by atoms with van der Waals surface area (Å²) in [6.07, 6.45) is 0. The number of fused-ring (bicyclic) bond motifs is 3. The fraction of sp³-hybridized carbons (Fsp3) is 0.143. The van der Waals surface area contributed by atoms with Gasteiger partial charge < -0.3 is 4.42 Å². The summed E-state index contributed by atoms with van der Waals surface area (Å²) in [5.74, 6) is 0. The van der Waals surface area contributed by atoms with Gasteiger partial charge in [-0.2, -0.15) is 0 Å². The molecule has 1 nitrogen and oxygen atoms in total. The zero-order valence-corrected chi connectivity index (χ0v) is 19.6. The Morgan fingerprint density at radius 2 is 1.09 bits per heavy atom.